The van der Waals surface area contributed by atoms with E-state index in [1.54, 1.807) is 48.5 Å². The van der Waals surface area contributed by atoms with Gasteiger partial charge in [-0.2, -0.15) is 0 Å². The maximum Gasteiger partial charge on any atom is 0.519 e. The van der Waals surface area contributed by atoms with Gasteiger partial charge in [0.15, 0.2) is 0 Å². The zero-order chi connectivity index (χ0) is 11.2. The van der Waals surface area contributed by atoms with E-state index < -0.39 is 6.16 Å². The van der Waals surface area contributed by atoms with E-state index in [0.29, 0.717) is 11.5 Å². The number of hydrogen-bond donors (Lipinski definition) is 0. The minimum atomic E-state index is -0.752. The molecule has 0 saturated heterocycles. The molecule has 0 spiro atoms. The van der Waals surface area contributed by atoms with Gasteiger partial charge < -0.3 is 9.47 Å². The molecule has 0 amide bonds. The molecular formula is C13H9O3. The van der Waals surface area contributed by atoms with E-state index >= 15 is 0 Å². The quantitative estimate of drug-likeness (QED) is 0.568. The van der Waals surface area contributed by atoms with Crippen LogP contribution in [0.3, 0.4) is 0 Å². The Hall–Kier alpha value is -2.29. The van der Waals surface area contributed by atoms with Crippen molar-refractivity contribution in [2.75, 3.05) is 0 Å². The lowest BCUT2D eigenvalue weighted by Crippen LogP contribution is -2.13. The van der Waals surface area contributed by atoms with Gasteiger partial charge in [0.2, 0.25) is 0 Å². The van der Waals surface area contributed by atoms with Crippen LogP contribution >= 0.6 is 0 Å². The van der Waals surface area contributed by atoms with E-state index in [2.05, 4.69) is 6.07 Å². The van der Waals surface area contributed by atoms with E-state index in [0.717, 1.165) is 0 Å². The Kier molecular flexibility index (Phi) is 3.18. The van der Waals surface area contributed by atoms with E-state index in [9.17, 15) is 4.79 Å². The lowest BCUT2D eigenvalue weighted by atomic mass is 10.3. The zero-order valence-corrected chi connectivity index (χ0v) is 8.42. The Morgan fingerprint density at radius 3 is 2.06 bits per heavy atom. The lowest BCUT2D eigenvalue weighted by Gasteiger charge is -2.04. The number of benzene rings is 2. The molecule has 3 nitrogen and oxygen atoms in total. The number of ether oxygens (including phenoxy) is 2. The van der Waals surface area contributed by atoms with Crippen molar-refractivity contribution in [3.63, 3.8) is 0 Å². The van der Waals surface area contributed by atoms with Crippen molar-refractivity contribution in [1.82, 2.24) is 0 Å². The highest BCUT2D eigenvalue weighted by molar-refractivity contribution is 5.66. The summed E-state index contributed by atoms with van der Waals surface area (Å²) in [6.07, 6.45) is -0.752. The van der Waals surface area contributed by atoms with E-state index in [1.807, 2.05) is 6.07 Å². The van der Waals surface area contributed by atoms with E-state index in [1.165, 1.54) is 0 Å². The van der Waals surface area contributed by atoms with Crippen LogP contribution in [0, 0.1) is 6.07 Å². The summed E-state index contributed by atoms with van der Waals surface area (Å²) >= 11 is 0. The van der Waals surface area contributed by atoms with Crippen LogP contribution in [0.5, 0.6) is 11.5 Å². The third-order valence-electron chi connectivity index (χ3n) is 1.83. The Morgan fingerprint density at radius 1 is 0.875 bits per heavy atom. The molecule has 0 saturated carbocycles. The molecule has 0 aliphatic heterocycles. The molecule has 0 aliphatic carbocycles. The fourth-order valence-electron chi connectivity index (χ4n) is 1.14. The van der Waals surface area contributed by atoms with Crippen molar-refractivity contribution in [2.24, 2.45) is 0 Å². The van der Waals surface area contributed by atoms with Crippen LogP contribution in [-0.2, 0) is 0 Å². The molecule has 2 rings (SSSR count). The van der Waals surface area contributed by atoms with Crippen molar-refractivity contribution in [2.45, 2.75) is 0 Å². The smallest absolute Gasteiger partial charge is 0.395 e. The van der Waals surface area contributed by atoms with Crippen LogP contribution in [0.2, 0.25) is 0 Å². The van der Waals surface area contributed by atoms with E-state index in [-0.39, 0.29) is 0 Å². The average molecular weight is 213 g/mol. The van der Waals surface area contributed by atoms with Crippen LogP contribution < -0.4 is 9.47 Å². The highest BCUT2D eigenvalue weighted by atomic mass is 16.7. The maximum absolute atomic E-state index is 11.3. The van der Waals surface area contributed by atoms with Gasteiger partial charge in [-0.05, 0) is 30.3 Å². The number of carbonyl (C=O) groups is 1. The Labute approximate surface area is 93.2 Å². The molecule has 0 unspecified atom stereocenters. The molecule has 0 aromatic heterocycles. The summed E-state index contributed by atoms with van der Waals surface area (Å²) in [6.45, 7) is 0. The van der Waals surface area contributed by atoms with Crippen LogP contribution in [0.25, 0.3) is 0 Å². The SMILES string of the molecule is O=C(Oc1cc[c]cc1)Oc1ccccc1. The summed E-state index contributed by atoms with van der Waals surface area (Å²) in [6, 6.07) is 18.2. The normalized spacial score (nSPS) is 9.50. The summed E-state index contributed by atoms with van der Waals surface area (Å²) in [7, 11) is 0. The van der Waals surface area contributed by atoms with Crippen molar-refractivity contribution < 1.29 is 14.3 Å². The molecule has 2 aromatic carbocycles. The molecular weight excluding hydrogens is 204 g/mol. The highest BCUT2D eigenvalue weighted by Crippen LogP contribution is 2.12. The van der Waals surface area contributed by atoms with Crippen molar-refractivity contribution >= 4 is 6.16 Å². The standard InChI is InChI=1S/C13H9O3/c14-13(15-11-7-3-1-4-8-11)16-12-9-5-2-6-10-12/h1,3-10H. The highest BCUT2D eigenvalue weighted by Gasteiger charge is 2.06. The number of hydrogen-bond acceptors (Lipinski definition) is 3. The van der Waals surface area contributed by atoms with Crippen molar-refractivity contribution in [3.05, 3.63) is 60.7 Å². The number of para-hydroxylation sites is 1. The van der Waals surface area contributed by atoms with Gasteiger partial charge in [0.05, 0.1) is 0 Å². The molecule has 1 radical (unpaired) electrons. The van der Waals surface area contributed by atoms with Crippen molar-refractivity contribution in [1.29, 1.82) is 0 Å². The first kappa shape index (κ1) is 10.2. The molecule has 79 valence electrons. The third-order valence-corrected chi connectivity index (χ3v) is 1.83. The zero-order valence-electron chi connectivity index (χ0n) is 8.42. The van der Waals surface area contributed by atoms with E-state index in [4.69, 9.17) is 9.47 Å². The van der Waals surface area contributed by atoms with Crippen LogP contribution in [0.15, 0.2) is 54.6 Å². The Bertz CT molecular complexity index is 408. The van der Waals surface area contributed by atoms with Crippen molar-refractivity contribution in [3.8, 4) is 11.5 Å². The molecule has 0 atom stereocenters. The third kappa shape index (κ3) is 2.85. The first-order chi connectivity index (χ1) is 7.84. The molecule has 0 bridgehead atoms. The topological polar surface area (TPSA) is 35.5 Å². The van der Waals surface area contributed by atoms with Gasteiger partial charge in [0, 0.05) is 0 Å². The summed E-state index contributed by atoms with van der Waals surface area (Å²) < 4.78 is 9.88. The average Bonchev–Trinajstić information content (AvgIpc) is 2.31. The molecule has 0 fully saturated rings. The molecule has 3 heteroatoms. The maximum atomic E-state index is 11.3. The fourth-order valence-corrected chi connectivity index (χ4v) is 1.14. The minimum Gasteiger partial charge on any atom is -0.395 e. The molecule has 0 heterocycles. The second-order valence-electron chi connectivity index (χ2n) is 3.00. The number of carbonyl (C=O) groups excluding carboxylic acids is 1. The van der Waals surface area contributed by atoms with Gasteiger partial charge in [-0.3, -0.25) is 0 Å². The minimum absolute atomic E-state index is 0.430. The first-order valence-electron chi connectivity index (χ1n) is 4.75. The predicted octanol–water partition coefficient (Wildman–Crippen LogP) is 3.06. The van der Waals surface area contributed by atoms with Gasteiger partial charge >= 0.3 is 6.16 Å². The largest absolute Gasteiger partial charge is 0.519 e. The molecule has 0 aliphatic rings. The summed E-state index contributed by atoms with van der Waals surface area (Å²) in [5, 5.41) is 0. The number of rotatable bonds is 2. The second kappa shape index (κ2) is 4.98. The summed E-state index contributed by atoms with van der Waals surface area (Å²) in [5.41, 5.74) is 0. The molecule has 0 N–H and O–H groups in total. The predicted molar refractivity (Wildman–Crippen MR) is 58.4 cm³/mol. The van der Waals surface area contributed by atoms with Crippen LogP contribution in [0.1, 0.15) is 0 Å². The second-order valence-corrected chi connectivity index (χ2v) is 3.00. The molecule has 16 heavy (non-hydrogen) atoms. The Balaban J connectivity index is 1.95. The molecule has 2 aromatic rings. The summed E-state index contributed by atoms with van der Waals surface area (Å²) in [4.78, 5) is 11.3. The van der Waals surface area contributed by atoms with Gasteiger partial charge in [-0.15, -0.1) is 0 Å². The van der Waals surface area contributed by atoms with Crippen LogP contribution in [-0.4, -0.2) is 6.16 Å². The Morgan fingerprint density at radius 2 is 1.44 bits per heavy atom. The monoisotopic (exact) mass is 213 g/mol. The van der Waals surface area contributed by atoms with Gasteiger partial charge in [-0.1, -0.05) is 30.3 Å². The van der Waals surface area contributed by atoms with Gasteiger partial charge in [0.25, 0.3) is 0 Å². The first-order valence-corrected chi connectivity index (χ1v) is 4.75. The fraction of sp³-hybridized carbons (Fsp3) is 0. The summed E-state index contributed by atoms with van der Waals surface area (Å²) in [5.74, 6) is 0.884. The van der Waals surface area contributed by atoms with Gasteiger partial charge in [0.1, 0.15) is 11.5 Å². The van der Waals surface area contributed by atoms with Crippen LogP contribution in [0.4, 0.5) is 4.79 Å². The lowest BCUT2D eigenvalue weighted by molar-refractivity contribution is 0.152. The van der Waals surface area contributed by atoms with Gasteiger partial charge in [-0.25, -0.2) is 4.79 Å².